The molecule has 0 bridgehead atoms. The van der Waals surface area contributed by atoms with E-state index in [1.165, 1.54) is 10.9 Å². The van der Waals surface area contributed by atoms with Gasteiger partial charge in [0.2, 0.25) is 0 Å². The number of benzene rings is 2. The van der Waals surface area contributed by atoms with E-state index in [2.05, 4.69) is 29.0 Å². The maximum absolute atomic E-state index is 5.85. The summed E-state index contributed by atoms with van der Waals surface area (Å²) in [6, 6.07) is 15.7. The van der Waals surface area contributed by atoms with Crippen molar-refractivity contribution < 1.29 is 9.47 Å². The molecular weight excluding hydrogens is 298 g/mol. The van der Waals surface area contributed by atoms with Gasteiger partial charge in [0, 0.05) is 28.7 Å². The first kappa shape index (κ1) is 14.8. The maximum atomic E-state index is 5.85. The van der Waals surface area contributed by atoms with Crippen LogP contribution in [0.3, 0.4) is 0 Å². The summed E-state index contributed by atoms with van der Waals surface area (Å²) in [7, 11) is 1.69. The second kappa shape index (κ2) is 6.75. The average molecular weight is 316 g/mol. The molecule has 4 heteroatoms. The van der Waals surface area contributed by atoms with Gasteiger partial charge in [-0.1, -0.05) is 11.6 Å². The zero-order valence-corrected chi connectivity index (χ0v) is 13.2. The molecule has 2 aromatic carbocycles. The van der Waals surface area contributed by atoms with E-state index in [-0.39, 0.29) is 0 Å². The van der Waals surface area contributed by atoms with Gasteiger partial charge in [0.15, 0.2) is 0 Å². The van der Waals surface area contributed by atoms with Crippen LogP contribution in [0.25, 0.3) is 10.9 Å². The van der Waals surface area contributed by atoms with E-state index in [9.17, 15) is 0 Å². The van der Waals surface area contributed by atoms with Gasteiger partial charge in [-0.15, -0.1) is 0 Å². The number of hydrogen-bond acceptors (Lipinski definition) is 2. The minimum absolute atomic E-state index is 0.678. The molecule has 0 aliphatic rings. The summed E-state index contributed by atoms with van der Waals surface area (Å²) in [5, 5.41) is 1.92. The highest BCUT2D eigenvalue weighted by Crippen LogP contribution is 2.22. The van der Waals surface area contributed by atoms with Crippen LogP contribution >= 0.6 is 11.6 Å². The number of ether oxygens (including phenoxy) is 2. The number of aryl methyl sites for hydroxylation is 1. The van der Waals surface area contributed by atoms with E-state index >= 15 is 0 Å². The van der Waals surface area contributed by atoms with Crippen LogP contribution in [0, 0.1) is 0 Å². The molecule has 0 atom stereocenters. The Morgan fingerprint density at radius 2 is 1.77 bits per heavy atom. The molecule has 0 amide bonds. The fourth-order valence-electron chi connectivity index (χ4n) is 2.46. The molecule has 3 rings (SSSR count). The Bertz CT molecular complexity index is 749. The largest absolute Gasteiger partial charge is 0.497 e. The first-order valence-electron chi connectivity index (χ1n) is 7.27. The summed E-state index contributed by atoms with van der Waals surface area (Å²) < 4.78 is 13.2. The molecule has 0 aliphatic heterocycles. The standard InChI is InChI=1S/C18H18ClNO2/c1-21-17-7-8-18-14(13-17)9-11-20(18)10-2-12-22-16-5-3-15(19)4-6-16/h3-9,11,13H,2,10,12H2,1H3. The van der Waals surface area contributed by atoms with E-state index in [4.69, 9.17) is 21.1 Å². The molecule has 0 fully saturated rings. The van der Waals surface area contributed by atoms with Gasteiger partial charge >= 0.3 is 0 Å². The number of methoxy groups -OCH3 is 1. The molecule has 0 unspecified atom stereocenters. The van der Waals surface area contributed by atoms with Gasteiger partial charge in [-0.2, -0.15) is 0 Å². The summed E-state index contributed by atoms with van der Waals surface area (Å²) in [6.45, 7) is 1.60. The third-order valence-electron chi connectivity index (χ3n) is 3.60. The summed E-state index contributed by atoms with van der Waals surface area (Å²) >= 11 is 5.85. The first-order valence-corrected chi connectivity index (χ1v) is 7.65. The van der Waals surface area contributed by atoms with E-state index in [1.807, 2.05) is 30.3 Å². The van der Waals surface area contributed by atoms with E-state index in [1.54, 1.807) is 7.11 Å². The molecule has 3 nitrogen and oxygen atoms in total. The molecule has 0 aliphatic carbocycles. The third kappa shape index (κ3) is 3.37. The van der Waals surface area contributed by atoms with Crippen LogP contribution in [0.15, 0.2) is 54.7 Å². The van der Waals surface area contributed by atoms with Crippen molar-refractivity contribution in [1.82, 2.24) is 4.57 Å². The molecule has 3 aromatic rings. The minimum Gasteiger partial charge on any atom is -0.497 e. The summed E-state index contributed by atoms with van der Waals surface area (Å²) in [4.78, 5) is 0. The molecule has 1 aromatic heterocycles. The van der Waals surface area contributed by atoms with Crippen molar-refractivity contribution in [2.24, 2.45) is 0 Å². The van der Waals surface area contributed by atoms with E-state index < -0.39 is 0 Å². The topological polar surface area (TPSA) is 23.4 Å². The number of hydrogen-bond donors (Lipinski definition) is 0. The Hall–Kier alpha value is -2.13. The van der Waals surface area contributed by atoms with Gasteiger partial charge < -0.3 is 14.0 Å². The molecule has 22 heavy (non-hydrogen) atoms. The Kier molecular flexibility index (Phi) is 4.54. The Morgan fingerprint density at radius 1 is 1.00 bits per heavy atom. The number of fused-ring (bicyclic) bond motifs is 1. The summed E-state index contributed by atoms with van der Waals surface area (Å²) in [5.41, 5.74) is 1.22. The Balaban J connectivity index is 1.56. The van der Waals surface area contributed by atoms with Crippen LogP contribution in [0.2, 0.25) is 5.02 Å². The van der Waals surface area contributed by atoms with Crippen LogP contribution < -0.4 is 9.47 Å². The van der Waals surface area contributed by atoms with Crippen LogP contribution in [-0.2, 0) is 6.54 Å². The lowest BCUT2D eigenvalue weighted by Gasteiger charge is -2.08. The SMILES string of the molecule is COc1ccc2c(ccn2CCCOc2ccc(Cl)cc2)c1. The summed E-state index contributed by atoms with van der Waals surface area (Å²) in [5.74, 6) is 1.74. The zero-order valence-electron chi connectivity index (χ0n) is 12.5. The minimum atomic E-state index is 0.678. The number of aromatic nitrogens is 1. The van der Waals surface area contributed by atoms with Gasteiger partial charge in [-0.05, 0) is 55.0 Å². The van der Waals surface area contributed by atoms with E-state index in [0.717, 1.165) is 29.5 Å². The van der Waals surface area contributed by atoms with Crippen molar-refractivity contribution in [2.45, 2.75) is 13.0 Å². The van der Waals surface area contributed by atoms with Crippen molar-refractivity contribution in [3.63, 3.8) is 0 Å². The monoisotopic (exact) mass is 315 g/mol. The highest BCUT2D eigenvalue weighted by atomic mass is 35.5. The van der Waals surface area contributed by atoms with Gasteiger partial charge in [-0.3, -0.25) is 0 Å². The quantitative estimate of drug-likeness (QED) is 0.611. The van der Waals surface area contributed by atoms with Crippen LogP contribution in [0.4, 0.5) is 0 Å². The van der Waals surface area contributed by atoms with Crippen molar-refractivity contribution >= 4 is 22.5 Å². The first-order chi connectivity index (χ1) is 10.8. The molecule has 0 spiro atoms. The van der Waals surface area contributed by atoms with Gasteiger partial charge in [0.1, 0.15) is 11.5 Å². The highest BCUT2D eigenvalue weighted by Gasteiger charge is 2.02. The molecular formula is C18H18ClNO2. The number of rotatable bonds is 6. The van der Waals surface area contributed by atoms with Crippen molar-refractivity contribution in [2.75, 3.05) is 13.7 Å². The lowest BCUT2D eigenvalue weighted by atomic mass is 10.2. The Labute approximate surface area is 135 Å². The van der Waals surface area contributed by atoms with Crippen molar-refractivity contribution in [3.8, 4) is 11.5 Å². The normalized spacial score (nSPS) is 10.8. The fraction of sp³-hybridized carbons (Fsp3) is 0.222. The van der Waals surface area contributed by atoms with Crippen LogP contribution in [-0.4, -0.2) is 18.3 Å². The smallest absolute Gasteiger partial charge is 0.119 e. The third-order valence-corrected chi connectivity index (χ3v) is 3.86. The molecule has 0 N–H and O–H groups in total. The average Bonchev–Trinajstić information content (AvgIpc) is 2.95. The number of nitrogens with zero attached hydrogens (tertiary/aromatic N) is 1. The van der Waals surface area contributed by atoms with Gasteiger partial charge in [-0.25, -0.2) is 0 Å². The van der Waals surface area contributed by atoms with Gasteiger partial charge in [0.05, 0.1) is 13.7 Å². The van der Waals surface area contributed by atoms with Gasteiger partial charge in [0.25, 0.3) is 0 Å². The highest BCUT2D eigenvalue weighted by molar-refractivity contribution is 6.30. The lowest BCUT2D eigenvalue weighted by molar-refractivity contribution is 0.302. The molecule has 114 valence electrons. The number of halogens is 1. The zero-order chi connectivity index (χ0) is 15.4. The predicted molar refractivity (Wildman–Crippen MR) is 90.1 cm³/mol. The fourth-order valence-corrected chi connectivity index (χ4v) is 2.58. The van der Waals surface area contributed by atoms with E-state index in [0.29, 0.717) is 6.61 Å². The predicted octanol–water partition coefficient (Wildman–Crippen LogP) is 4.77. The lowest BCUT2D eigenvalue weighted by Crippen LogP contribution is -2.03. The van der Waals surface area contributed by atoms with Crippen LogP contribution in [0.5, 0.6) is 11.5 Å². The van der Waals surface area contributed by atoms with Crippen molar-refractivity contribution in [3.05, 3.63) is 59.8 Å². The summed E-state index contributed by atoms with van der Waals surface area (Å²) in [6.07, 6.45) is 3.05. The molecule has 0 saturated carbocycles. The second-order valence-corrected chi connectivity index (χ2v) is 5.53. The van der Waals surface area contributed by atoms with Crippen molar-refractivity contribution in [1.29, 1.82) is 0 Å². The van der Waals surface area contributed by atoms with Crippen LogP contribution in [0.1, 0.15) is 6.42 Å². The Morgan fingerprint density at radius 3 is 2.55 bits per heavy atom. The molecule has 0 saturated heterocycles. The molecule has 0 radical (unpaired) electrons. The second-order valence-electron chi connectivity index (χ2n) is 5.09. The maximum Gasteiger partial charge on any atom is 0.119 e. The molecule has 1 heterocycles.